The number of aromatic hydroxyl groups is 1. The summed E-state index contributed by atoms with van der Waals surface area (Å²) in [7, 11) is 0. The van der Waals surface area contributed by atoms with Gasteiger partial charge in [-0.2, -0.15) is 0 Å². The molecular weight excluding hydrogens is 724 g/mol. The number of benzene rings is 1. The van der Waals surface area contributed by atoms with Crippen molar-refractivity contribution in [3.05, 3.63) is 40.6 Å². The summed E-state index contributed by atoms with van der Waals surface area (Å²) >= 11 is 0. The molecule has 1 fully saturated rings. The first-order chi connectivity index (χ1) is 25.6. The maximum absolute atomic E-state index is 13.7. The van der Waals surface area contributed by atoms with Crippen molar-refractivity contribution in [1.82, 2.24) is 9.78 Å². The molecule has 56 heavy (non-hydrogen) atoms. The van der Waals surface area contributed by atoms with Gasteiger partial charge in [-0.1, -0.05) is 19.9 Å². The van der Waals surface area contributed by atoms with Gasteiger partial charge in [0, 0.05) is 17.7 Å². The summed E-state index contributed by atoms with van der Waals surface area (Å²) in [6.45, 7) is 25.2. The minimum absolute atomic E-state index is 0.0768. The Labute approximate surface area is 331 Å². The highest BCUT2D eigenvalue weighted by Gasteiger charge is 2.56. The van der Waals surface area contributed by atoms with Crippen molar-refractivity contribution in [3.8, 4) is 11.6 Å². The number of aliphatic hydroxyl groups excluding tert-OH is 1. The number of carbonyl (C=O) groups excluding carboxylic acids is 4. The summed E-state index contributed by atoms with van der Waals surface area (Å²) in [6, 6.07) is 5.02. The van der Waals surface area contributed by atoms with Gasteiger partial charge in [0.15, 0.2) is 12.2 Å². The molecular formula is C42H64N2O12. The maximum Gasteiger partial charge on any atom is 0.311 e. The number of ether oxygens (including phenoxy) is 6. The number of rotatable bonds is 12. The predicted molar refractivity (Wildman–Crippen MR) is 207 cm³/mol. The van der Waals surface area contributed by atoms with Gasteiger partial charge in [0.05, 0.1) is 34.8 Å². The Morgan fingerprint density at radius 3 is 1.75 bits per heavy atom. The van der Waals surface area contributed by atoms with Gasteiger partial charge in [-0.05, 0) is 119 Å². The molecule has 2 heterocycles. The van der Waals surface area contributed by atoms with Crippen LogP contribution in [0.1, 0.15) is 125 Å². The second-order valence-electron chi connectivity index (χ2n) is 18.9. The summed E-state index contributed by atoms with van der Waals surface area (Å²) in [6.07, 6.45) is -7.03. The zero-order chi connectivity index (χ0) is 42.7. The van der Waals surface area contributed by atoms with E-state index in [-0.39, 0.29) is 30.7 Å². The van der Waals surface area contributed by atoms with Crippen molar-refractivity contribution in [2.75, 3.05) is 13.2 Å². The van der Waals surface area contributed by atoms with Gasteiger partial charge in [-0.25, -0.2) is 0 Å². The van der Waals surface area contributed by atoms with Gasteiger partial charge >= 0.3 is 23.9 Å². The molecule has 1 saturated heterocycles. The lowest BCUT2D eigenvalue weighted by molar-refractivity contribution is -0.294. The molecule has 1 aromatic heterocycles. The van der Waals surface area contributed by atoms with E-state index in [0.29, 0.717) is 12.0 Å². The third kappa shape index (κ3) is 11.7. The van der Waals surface area contributed by atoms with Crippen molar-refractivity contribution >= 4 is 23.9 Å². The molecule has 14 heteroatoms. The number of aromatic nitrogens is 2. The van der Waals surface area contributed by atoms with E-state index in [1.807, 2.05) is 20.8 Å². The molecule has 1 aliphatic heterocycles. The Morgan fingerprint density at radius 2 is 1.29 bits per heavy atom. The Morgan fingerprint density at radius 1 is 0.786 bits per heavy atom. The van der Waals surface area contributed by atoms with Crippen LogP contribution in [-0.4, -0.2) is 87.8 Å². The lowest BCUT2D eigenvalue weighted by Gasteiger charge is -2.45. The Kier molecular flexibility index (Phi) is 14.5. The Balaban J connectivity index is 2.33. The average molecular weight is 789 g/mol. The van der Waals surface area contributed by atoms with Crippen LogP contribution in [0.15, 0.2) is 18.2 Å². The number of hydrogen-bond acceptors (Lipinski definition) is 13. The van der Waals surface area contributed by atoms with Gasteiger partial charge in [0.25, 0.3) is 0 Å². The number of esters is 4. The topological polar surface area (TPSA) is 182 Å². The number of phenols is 1. The number of aliphatic hydroxyl groups is 1. The first-order valence-corrected chi connectivity index (χ1v) is 19.2. The largest absolute Gasteiger partial charge is 0.508 e. The van der Waals surface area contributed by atoms with E-state index in [9.17, 15) is 29.4 Å². The van der Waals surface area contributed by atoms with Gasteiger partial charge in [0.1, 0.15) is 18.5 Å². The van der Waals surface area contributed by atoms with Crippen LogP contribution in [0.25, 0.3) is 0 Å². The van der Waals surface area contributed by atoms with Gasteiger partial charge in [0.2, 0.25) is 18.3 Å². The Bertz CT molecular complexity index is 1720. The van der Waals surface area contributed by atoms with Crippen LogP contribution in [0, 0.1) is 28.6 Å². The average Bonchev–Trinajstić information content (AvgIpc) is 3.37. The first-order valence-electron chi connectivity index (χ1n) is 19.2. The fourth-order valence-electron chi connectivity index (χ4n) is 5.63. The second kappa shape index (κ2) is 17.5. The molecule has 2 N–H and O–H groups in total. The van der Waals surface area contributed by atoms with E-state index >= 15 is 0 Å². The van der Waals surface area contributed by atoms with E-state index in [1.54, 1.807) is 106 Å². The quantitative estimate of drug-likeness (QED) is 0.184. The first kappa shape index (κ1) is 46.2. The van der Waals surface area contributed by atoms with Crippen molar-refractivity contribution in [2.24, 2.45) is 21.7 Å². The molecule has 1 aromatic carbocycles. The molecule has 0 saturated carbocycles. The van der Waals surface area contributed by atoms with Gasteiger partial charge < -0.3 is 38.6 Å². The molecule has 1 aliphatic rings. The van der Waals surface area contributed by atoms with E-state index in [1.165, 1.54) is 0 Å². The molecule has 14 nitrogen and oxygen atoms in total. The van der Waals surface area contributed by atoms with Gasteiger partial charge in [-0.3, -0.25) is 23.9 Å². The molecule has 5 atom stereocenters. The van der Waals surface area contributed by atoms with Crippen LogP contribution >= 0.6 is 0 Å². The zero-order valence-electron chi connectivity index (χ0n) is 35.9. The van der Waals surface area contributed by atoms with Crippen molar-refractivity contribution in [1.29, 1.82) is 0 Å². The fraction of sp³-hybridized carbons (Fsp3) is 0.690. The summed E-state index contributed by atoms with van der Waals surface area (Å²) < 4.78 is 38.9. The summed E-state index contributed by atoms with van der Waals surface area (Å²) in [5.74, 6) is -2.55. The van der Waals surface area contributed by atoms with Crippen LogP contribution in [0.5, 0.6) is 11.6 Å². The fourth-order valence-corrected chi connectivity index (χ4v) is 5.63. The van der Waals surface area contributed by atoms with E-state index in [0.717, 1.165) is 16.8 Å². The van der Waals surface area contributed by atoms with Crippen molar-refractivity contribution in [3.63, 3.8) is 0 Å². The molecule has 314 valence electrons. The summed E-state index contributed by atoms with van der Waals surface area (Å²) in [4.78, 5) is 54.2. The normalized spacial score (nSPS) is 20.7. The lowest BCUT2D eigenvalue weighted by Crippen LogP contribution is -2.65. The lowest BCUT2D eigenvalue weighted by atomic mass is 9.93. The van der Waals surface area contributed by atoms with Crippen LogP contribution in [0.3, 0.4) is 0 Å². The molecule has 3 rings (SSSR count). The summed E-state index contributed by atoms with van der Waals surface area (Å²) in [5, 5.41) is 24.9. The van der Waals surface area contributed by atoms with E-state index in [4.69, 9.17) is 33.5 Å². The second-order valence-corrected chi connectivity index (χ2v) is 18.9. The minimum atomic E-state index is -1.56. The minimum Gasteiger partial charge on any atom is -0.508 e. The monoisotopic (exact) mass is 788 g/mol. The predicted octanol–water partition coefficient (Wildman–Crippen LogP) is 6.17. The molecule has 0 radical (unpaired) electrons. The van der Waals surface area contributed by atoms with Crippen LogP contribution < -0.4 is 4.74 Å². The Hall–Kier alpha value is -4.17. The standard InChI is InChI=1S/C42H64N2O12/c1-23(2)29-27(21-25-16-17-26(46)20-24(25)3)33(43-44(29)18-19-45)56-34-32(55-38(50)42(13,14)15)31(54-37(49)41(10,11)12)30(53-36(48)40(7,8)9)28(52-34)22-51-35(47)39(4,5)6/h16-17,20,23,28,30-32,34,45-46H,18-19,21-22H2,1-15H3/t28-,30-,31+,32-,34?/m1/s1. The molecule has 0 aliphatic carbocycles. The molecule has 1 unspecified atom stereocenters. The van der Waals surface area contributed by atoms with Crippen LogP contribution in [0.2, 0.25) is 0 Å². The highest BCUT2D eigenvalue weighted by atomic mass is 16.7. The highest BCUT2D eigenvalue weighted by Crippen LogP contribution is 2.38. The smallest absolute Gasteiger partial charge is 0.311 e. The van der Waals surface area contributed by atoms with E-state index in [2.05, 4.69) is 0 Å². The molecule has 0 spiro atoms. The number of hydrogen-bond donors (Lipinski definition) is 2. The van der Waals surface area contributed by atoms with Crippen molar-refractivity contribution < 1.29 is 57.8 Å². The molecule has 0 amide bonds. The zero-order valence-corrected chi connectivity index (χ0v) is 35.9. The summed E-state index contributed by atoms with van der Waals surface area (Å²) in [5.41, 5.74) is -0.972. The molecule has 0 bridgehead atoms. The third-order valence-corrected chi connectivity index (χ3v) is 8.99. The van der Waals surface area contributed by atoms with Crippen LogP contribution in [0.4, 0.5) is 0 Å². The number of nitrogens with zero attached hydrogens (tertiary/aromatic N) is 2. The third-order valence-electron chi connectivity index (χ3n) is 8.99. The van der Waals surface area contributed by atoms with Crippen molar-refractivity contribution in [2.45, 2.75) is 153 Å². The number of aryl methyl sites for hydroxylation is 1. The van der Waals surface area contributed by atoms with E-state index < -0.39 is 82.8 Å². The van der Waals surface area contributed by atoms with Gasteiger partial charge in [-0.15, -0.1) is 5.10 Å². The molecule has 2 aromatic rings. The highest BCUT2D eigenvalue weighted by molar-refractivity contribution is 5.78. The number of carbonyl (C=O) groups is 4. The SMILES string of the molecule is Cc1cc(O)ccc1Cc1c(OC2O[C@H](COC(=O)C(C)(C)C)[C@@H](OC(=O)C(C)(C)C)[C@H](OC(=O)C(C)(C)C)[C@H]2OC(=O)C(C)(C)C)nn(CCO)c1C(C)C. The van der Waals surface area contributed by atoms with Crippen LogP contribution in [-0.2, 0) is 55.8 Å². The maximum atomic E-state index is 13.7. The number of phenolic OH excluding ortho intramolecular Hbond substituents is 1.